The fourth-order valence-corrected chi connectivity index (χ4v) is 1.71. The van der Waals surface area contributed by atoms with Gasteiger partial charge in [-0.25, -0.2) is 0 Å². The Labute approximate surface area is 110 Å². The molecule has 0 saturated carbocycles. The minimum atomic E-state index is -0.507. The lowest BCUT2D eigenvalue weighted by atomic mass is 10.0. The summed E-state index contributed by atoms with van der Waals surface area (Å²) in [7, 11) is 0. The van der Waals surface area contributed by atoms with Gasteiger partial charge in [0, 0.05) is 30.9 Å². The van der Waals surface area contributed by atoms with E-state index in [1.807, 2.05) is 6.92 Å². The Hall–Kier alpha value is -1.99. The summed E-state index contributed by atoms with van der Waals surface area (Å²) in [5, 5.41) is 16.2. The van der Waals surface area contributed by atoms with Gasteiger partial charge >= 0.3 is 0 Å². The van der Waals surface area contributed by atoms with E-state index >= 15 is 0 Å². The molecule has 1 heterocycles. The van der Waals surface area contributed by atoms with Crippen molar-refractivity contribution in [2.24, 2.45) is 0 Å². The molecule has 1 amide bonds. The first kappa shape index (κ1) is 13.4. The maximum atomic E-state index is 11.7. The minimum absolute atomic E-state index is 0.0612. The smallest absolute Gasteiger partial charge is 0.271 e. The van der Waals surface area contributed by atoms with Crippen molar-refractivity contribution in [2.75, 3.05) is 25.0 Å². The Bertz CT molecular complexity index is 500. The van der Waals surface area contributed by atoms with Gasteiger partial charge < -0.3 is 15.4 Å². The van der Waals surface area contributed by atoms with Crippen LogP contribution in [0, 0.1) is 10.1 Å². The van der Waals surface area contributed by atoms with Crippen LogP contribution in [0.3, 0.4) is 0 Å². The number of non-ortho nitro benzene ring substituents is 1. The molecule has 0 spiro atoms. The standard InChI is InChI=1S/C12H15N3O4/c1-12(7-13-8-12)19-6-11(16)14-9-3-2-4-10(5-9)15(17)18/h2-5,13H,6-8H2,1H3,(H,14,16). The molecule has 0 radical (unpaired) electrons. The van der Waals surface area contributed by atoms with Crippen LogP contribution in [0.15, 0.2) is 24.3 Å². The highest BCUT2D eigenvalue weighted by Crippen LogP contribution is 2.18. The summed E-state index contributed by atoms with van der Waals surface area (Å²) in [6, 6.07) is 5.79. The van der Waals surface area contributed by atoms with Crippen LogP contribution < -0.4 is 10.6 Å². The maximum Gasteiger partial charge on any atom is 0.271 e. The lowest BCUT2D eigenvalue weighted by molar-refractivity contribution is -0.384. The molecule has 7 nitrogen and oxygen atoms in total. The third-order valence-electron chi connectivity index (χ3n) is 2.89. The molecular weight excluding hydrogens is 250 g/mol. The van der Waals surface area contributed by atoms with Crippen molar-refractivity contribution in [1.82, 2.24) is 5.32 Å². The van der Waals surface area contributed by atoms with Gasteiger partial charge in [0.2, 0.25) is 5.91 Å². The number of carbonyl (C=O) groups is 1. The van der Waals surface area contributed by atoms with Crippen molar-refractivity contribution in [3.8, 4) is 0 Å². The van der Waals surface area contributed by atoms with Crippen molar-refractivity contribution in [3.63, 3.8) is 0 Å². The zero-order valence-corrected chi connectivity index (χ0v) is 10.5. The number of hydrogen-bond acceptors (Lipinski definition) is 5. The van der Waals surface area contributed by atoms with Gasteiger partial charge in [-0.1, -0.05) is 6.07 Å². The molecule has 1 aliphatic rings. The summed E-state index contributed by atoms with van der Waals surface area (Å²) >= 11 is 0. The molecule has 1 saturated heterocycles. The van der Waals surface area contributed by atoms with Gasteiger partial charge in [-0.2, -0.15) is 0 Å². The van der Waals surface area contributed by atoms with Gasteiger partial charge in [0.15, 0.2) is 0 Å². The van der Waals surface area contributed by atoms with Crippen LogP contribution >= 0.6 is 0 Å². The van der Waals surface area contributed by atoms with Crippen molar-refractivity contribution in [2.45, 2.75) is 12.5 Å². The van der Waals surface area contributed by atoms with Gasteiger partial charge in [0.1, 0.15) is 6.61 Å². The minimum Gasteiger partial charge on any atom is -0.363 e. The number of hydrogen-bond donors (Lipinski definition) is 2. The zero-order chi connectivity index (χ0) is 13.9. The summed E-state index contributed by atoms with van der Waals surface area (Å²) < 4.78 is 5.47. The number of amides is 1. The van der Waals surface area contributed by atoms with E-state index in [1.165, 1.54) is 18.2 Å². The van der Waals surface area contributed by atoms with Crippen LogP contribution in [0.4, 0.5) is 11.4 Å². The second kappa shape index (κ2) is 5.33. The molecule has 0 aromatic heterocycles. The van der Waals surface area contributed by atoms with Gasteiger partial charge in [-0.05, 0) is 13.0 Å². The second-order valence-corrected chi connectivity index (χ2v) is 4.70. The fraction of sp³-hybridized carbons (Fsp3) is 0.417. The van der Waals surface area contributed by atoms with Gasteiger partial charge in [0.25, 0.3) is 5.69 Å². The zero-order valence-electron chi connectivity index (χ0n) is 10.5. The molecule has 1 aromatic rings. The Morgan fingerprint density at radius 1 is 1.58 bits per heavy atom. The van der Waals surface area contributed by atoms with Crippen LogP contribution in [0.5, 0.6) is 0 Å². The molecule has 102 valence electrons. The monoisotopic (exact) mass is 265 g/mol. The third-order valence-corrected chi connectivity index (χ3v) is 2.89. The molecule has 0 atom stereocenters. The fourth-order valence-electron chi connectivity index (χ4n) is 1.71. The van der Waals surface area contributed by atoms with Crippen molar-refractivity contribution in [3.05, 3.63) is 34.4 Å². The lowest BCUT2D eigenvalue weighted by Crippen LogP contribution is -2.59. The van der Waals surface area contributed by atoms with E-state index in [1.54, 1.807) is 6.07 Å². The summed E-state index contributed by atoms with van der Waals surface area (Å²) in [5.41, 5.74) is 0.0357. The van der Waals surface area contributed by atoms with E-state index in [9.17, 15) is 14.9 Å². The van der Waals surface area contributed by atoms with Crippen molar-refractivity contribution >= 4 is 17.3 Å². The molecule has 19 heavy (non-hydrogen) atoms. The maximum absolute atomic E-state index is 11.7. The number of benzene rings is 1. The normalized spacial score (nSPS) is 16.5. The first-order valence-electron chi connectivity index (χ1n) is 5.87. The Kier molecular flexibility index (Phi) is 3.77. The first-order valence-corrected chi connectivity index (χ1v) is 5.87. The van der Waals surface area contributed by atoms with Gasteiger partial charge in [-0.15, -0.1) is 0 Å². The van der Waals surface area contributed by atoms with Crippen LogP contribution in [0.1, 0.15) is 6.92 Å². The highest BCUT2D eigenvalue weighted by molar-refractivity contribution is 5.92. The molecular formula is C12H15N3O4. The molecule has 1 aliphatic heterocycles. The average Bonchev–Trinajstić information content (AvgIpc) is 2.34. The van der Waals surface area contributed by atoms with E-state index in [-0.39, 0.29) is 23.8 Å². The Morgan fingerprint density at radius 3 is 2.89 bits per heavy atom. The lowest BCUT2D eigenvalue weighted by Gasteiger charge is -2.38. The third kappa shape index (κ3) is 3.49. The van der Waals surface area contributed by atoms with Crippen LogP contribution in [-0.4, -0.2) is 36.1 Å². The van der Waals surface area contributed by atoms with E-state index in [0.717, 1.165) is 13.1 Å². The van der Waals surface area contributed by atoms with Crippen molar-refractivity contribution < 1.29 is 14.5 Å². The Balaban J connectivity index is 1.88. The number of nitro benzene ring substituents is 1. The molecule has 1 fully saturated rings. The number of anilines is 1. The molecule has 0 aliphatic carbocycles. The molecule has 2 rings (SSSR count). The van der Waals surface area contributed by atoms with Gasteiger partial charge in [-0.3, -0.25) is 14.9 Å². The predicted molar refractivity (Wildman–Crippen MR) is 69.0 cm³/mol. The van der Waals surface area contributed by atoms with E-state index in [4.69, 9.17) is 4.74 Å². The number of ether oxygens (including phenoxy) is 1. The molecule has 7 heteroatoms. The average molecular weight is 265 g/mol. The van der Waals surface area contributed by atoms with Crippen molar-refractivity contribution in [1.29, 1.82) is 0 Å². The van der Waals surface area contributed by atoms with Crippen LogP contribution in [-0.2, 0) is 9.53 Å². The van der Waals surface area contributed by atoms with E-state index in [0.29, 0.717) is 5.69 Å². The van der Waals surface area contributed by atoms with E-state index in [2.05, 4.69) is 10.6 Å². The summed E-state index contributed by atoms with van der Waals surface area (Å²) in [6.45, 7) is 3.29. The largest absolute Gasteiger partial charge is 0.363 e. The molecule has 0 bridgehead atoms. The highest BCUT2D eigenvalue weighted by atomic mass is 16.6. The highest BCUT2D eigenvalue weighted by Gasteiger charge is 2.32. The van der Waals surface area contributed by atoms with Gasteiger partial charge in [0.05, 0.1) is 10.5 Å². The van der Waals surface area contributed by atoms with Crippen LogP contribution in [0.2, 0.25) is 0 Å². The second-order valence-electron chi connectivity index (χ2n) is 4.70. The summed E-state index contributed by atoms with van der Waals surface area (Å²) in [5.74, 6) is -0.325. The predicted octanol–water partition coefficient (Wildman–Crippen LogP) is 0.912. The SMILES string of the molecule is CC1(OCC(=O)Nc2cccc([N+](=O)[O-])c2)CNC1. The number of nitro groups is 1. The molecule has 1 aromatic carbocycles. The molecule has 0 unspecified atom stereocenters. The number of carbonyl (C=O) groups excluding carboxylic acids is 1. The topological polar surface area (TPSA) is 93.5 Å². The first-order chi connectivity index (χ1) is 8.98. The number of nitrogens with one attached hydrogen (secondary N) is 2. The summed E-state index contributed by atoms with van der Waals surface area (Å²) in [4.78, 5) is 21.8. The number of rotatable bonds is 5. The summed E-state index contributed by atoms with van der Waals surface area (Å²) in [6.07, 6.45) is 0. The Morgan fingerprint density at radius 2 is 2.32 bits per heavy atom. The molecule has 2 N–H and O–H groups in total. The van der Waals surface area contributed by atoms with E-state index < -0.39 is 4.92 Å². The van der Waals surface area contributed by atoms with Crippen LogP contribution in [0.25, 0.3) is 0 Å². The quantitative estimate of drug-likeness (QED) is 0.609. The number of nitrogens with zero attached hydrogens (tertiary/aromatic N) is 1.